The second-order valence-electron chi connectivity index (χ2n) is 18.8. The van der Waals surface area contributed by atoms with Crippen molar-refractivity contribution in [2.75, 3.05) is 6.61 Å². The smallest absolute Gasteiger partial charge is 0.249 e. The zero-order chi connectivity index (χ0) is 43.0. The van der Waals surface area contributed by atoms with Crippen LogP contribution >= 0.6 is 0 Å². The van der Waals surface area contributed by atoms with Crippen LogP contribution in [0.25, 0.3) is 0 Å². The fraction of sp³-hybridized carbons (Fsp3) is 0.944. The van der Waals surface area contributed by atoms with E-state index in [9.17, 15) is 20.1 Å². The minimum atomic E-state index is -1.07. The summed E-state index contributed by atoms with van der Waals surface area (Å²) in [5.74, 6) is -0.467. The van der Waals surface area contributed by atoms with Crippen molar-refractivity contribution in [3.63, 3.8) is 0 Å². The summed E-state index contributed by atoms with van der Waals surface area (Å²) in [4.78, 5) is 12.5. The Kier molecular flexibility index (Phi) is 49.0. The molecule has 352 valence electrons. The van der Waals surface area contributed by atoms with E-state index in [-0.39, 0.29) is 6.61 Å². The van der Waals surface area contributed by atoms with Crippen LogP contribution in [0.2, 0.25) is 0 Å². The molecule has 0 rings (SSSR count). The summed E-state index contributed by atoms with van der Waals surface area (Å²) in [5.41, 5.74) is 0. The van der Waals surface area contributed by atoms with Crippen LogP contribution in [-0.4, -0.2) is 46.1 Å². The van der Waals surface area contributed by atoms with Gasteiger partial charge in [-0.1, -0.05) is 276 Å². The summed E-state index contributed by atoms with van der Waals surface area (Å²) in [6.07, 6.45) is 61.3. The van der Waals surface area contributed by atoms with E-state index in [1.807, 2.05) is 0 Å². The van der Waals surface area contributed by atoms with Crippen LogP contribution in [0.3, 0.4) is 0 Å². The lowest BCUT2D eigenvalue weighted by molar-refractivity contribution is -0.131. The normalized spacial score (nSPS) is 13.4. The van der Waals surface area contributed by atoms with Crippen LogP contribution in [0, 0.1) is 0 Å². The second-order valence-corrected chi connectivity index (χ2v) is 18.8. The van der Waals surface area contributed by atoms with Gasteiger partial charge >= 0.3 is 0 Å². The molecule has 0 radical (unpaired) electrons. The van der Waals surface area contributed by atoms with E-state index in [0.717, 1.165) is 32.1 Å². The summed E-state index contributed by atoms with van der Waals surface area (Å²) in [6.45, 7) is 4.24. The van der Waals surface area contributed by atoms with Gasteiger partial charge in [-0.05, 0) is 38.5 Å². The second kappa shape index (κ2) is 49.7. The van der Waals surface area contributed by atoms with Gasteiger partial charge in [-0.15, -0.1) is 0 Å². The van der Waals surface area contributed by atoms with E-state index in [0.29, 0.717) is 12.8 Å². The molecule has 0 aromatic rings. The van der Waals surface area contributed by atoms with Gasteiger partial charge in [0, 0.05) is 0 Å². The van der Waals surface area contributed by atoms with E-state index in [4.69, 9.17) is 0 Å². The van der Waals surface area contributed by atoms with Crippen LogP contribution in [0.4, 0.5) is 0 Å². The quantitative estimate of drug-likeness (QED) is 0.0363. The fourth-order valence-electron chi connectivity index (χ4n) is 8.66. The van der Waals surface area contributed by atoms with E-state index < -0.39 is 24.2 Å². The third-order valence-electron chi connectivity index (χ3n) is 12.9. The Balaban J connectivity index is 3.43. The van der Waals surface area contributed by atoms with E-state index in [1.54, 1.807) is 0 Å². The van der Waals surface area contributed by atoms with Crippen molar-refractivity contribution in [1.82, 2.24) is 5.32 Å². The molecule has 0 saturated heterocycles. The van der Waals surface area contributed by atoms with Gasteiger partial charge in [0.25, 0.3) is 0 Å². The number of aliphatic hydroxyl groups is 3. The Morgan fingerprint density at radius 3 is 0.932 bits per heavy atom. The predicted octanol–water partition coefficient (Wildman–Crippen LogP) is 16.3. The van der Waals surface area contributed by atoms with Crippen molar-refractivity contribution in [3.05, 3.63) is 12.2 Å². The average Bonchev–Trinajstić information content (AvgIpc) is 3.24. The maximum Gasteiger partial charge on any atom is 0.249 e. The predicted molar refractivity (Wildman–Crippen MR) is 259 cm³/mol. The number of hydrogen-bond donors (Lipinski definition) is 4. The average molecular weight is 834 g/mol. The van der Waals surface area contributed by atoms with Crippen LogP contribution in [0.5, 0.6) is 0 Å². The van der Waals surface area contributed by atoms with E-state index >= 15 is 0 Å². The van der Waals surface area contributed by atoms with Crippen LogP contribution in [0.1, 0.15) is 303 Å². The first-order valence-corrected chi connectivity index (χ1v) is 27.0. The standard InChI is InChI=1S/C54H107NO4/c1-3-5-7-9-11-13-15-16-17-18-19-20-21-22-23-24-25-26-27-28-29-30-31-32-33-34-35-36-37-39-41-43-45-47-49-53(58)54(59)55-51(50-56)52(57)48-46-44-42-40-38-14-12-10-8-6-4-2/h24-25,51-53,56-58H,3-23,26-50H2,1-2H3,(H,55,59)/b25-24-. The zero-order valence-electron chi connectivity index (χ0n) is 40.2. The minimum absolute atomic E-state index is 0.310. The van der Waals surface area contributed by atoms with Crippen molar-refractivity contribution in [2.24, 2.45) is 0 Å². The molecule has 0 spiro atoms. The first-order chi connectivity index (χ1) is 29.1. The van der Waals surface area contributed by atoms with E-state index in [1.165, 1.54) is 244 Å². The highest BCUT2D eigenvalue weighted by molar-refractivity contribution is 5.80. The molecule has 3 unspecified atom stereocenters. The largest absolute Gasteiger partial charge is 0.394 e. The van der Waals surface area contributed by atoms with Crippen molar-refractivity contribution in [3.8, 4) is 0 Å². The molecule has 4 N–H and O–H groups in total. The zero-order valence-corrected chi connectivity index (χ0v) is 40.2. The molecular weight excluding hydrogens is 727 g/mol. The van der Waals surface area contributed by atoms with Gasteiger partial charge in [0.1, 0.15) is 6.10 Å². The first kappa shape index (κ1) is 58.1. The number of nitrogens with one attached hydrogen (secondary N) is 1. The molecule has 0 aromatic heterocycles. The number of rotatable bonds is 50. The number of unbranched alkanes of at least 4 members (excludes halogenated alkanes) is 40. The van der Waals surface area contributed by atoms with Crippen molar-refractivity contribution < 1.29 is 20.1 Å². The summed E-state index contributed by atoms with van der Waals surface area (Å²) in [7, 11) is 0. The third kappa shape index (κ3) is 44.9. The van der Waals surface area contributed by atoms with Gasteiger partial charge in [-0.2, -0.15) is 0 Å². The van der Waals surface area contributed by atoms with Crippen molar-refractivity contribution in [1.29, 1.82) is 0 Å². The maximum absolute atomic E-state index is 12.5. The maximum atomic E-state index is 12.5. The summed E-state index contributed by atoms with van der Waals surface area (Å²) < 4.78 is 0. The topological polar surface area (TPSA) is 89.8 Å². The molecule has 0 aromatic carbocycles. The Hall–Kier alpha value is -0.910. The molecule has 3 atom stereocenters. The third-order valence-corrected chi connectivity index (χ3v) is 12.9. The van der Waals surface area contributed by atoms with Crippen LogP contribution < -0.4 is 5.32 Å². The monoisotopic (exact) mass is 834 g/mol. The molecule has 5 nitrogen and oxygen atoms in total. The van der Waals surface area contributed by atoms with Gasteiger partial charge in [-0.3, -0.25) is 4.79 Å². The molecule has 0 aliphatic carbocycles. The Morgan fingerprint density at radius 1 is 0.390 bits per heavy atom. The van der Waals surface area contributed by atoms with E-state index in [2.05, 4.69) is 31.3 Å². The lowest BCUT2D eigenvalue weighted by Gasteiger charge is -2.23. The summed E-state index contributed by atoms with van der Waals surface area (Å²) in [5, 5.41) is 33.3. The fourth-order valence-corrected chi connectivity index (χ4v) is 8.66. The molecule has 0 saturated carbocycles. The Labute approximate surface area is 369 Å². The number of aliphatic hydroxyl groups excluding tert-OH is 3. The molecule has 0 aliphatic rings. The molecule has 1 amide bonds. The van der Waals surface area contributed by atoms with Crippen LogP contribution in [-0.2, 0) is 4.79 Å². The highest BCUT2D eigenvalue weighted by atomic mass is 16.3. The minimum Gasteiger partial charge on any atom is -0.394 e. The molecule has 5 heteroatoms. The number of allylic oxidation sites excluding steroid dienone is 2. The Morgan fingerprint density at radius 2 is 0.644 bits per heavy atom. The van der Waals surface area contributed by atoms with Gasteiger partial charge in [0.15, 0.2) is 0 Å². The number of amides is 1. The molecule has 0 bridgehead atoms. The number of carbonyl (C=O) groups excluding carboxylic acids is 1. The molecule has 0 heterocycles. The van der Waals surface area contributed by atoms with Gasteiger partial charge in [-0.25, -0.2) is 0 Å². The lowest BCUT2D eigenvalue weighted by Crippen LogP contribution is -2.49. The van der Waals surface area contributed by atoms with Gasteiger partial charge < -0.3 is 20.6 Å². The summed E-state index contributed by atoms with van der Waals surface area (Å²) in [6, 6.07) is -0.707. The van der Waals surface area contributed by atoms with Gasteiger partial charge in [0.05, 0.1) is 18.8 Å². The number of hydrogen-bond acceptors (Lipinski definition) is 4. The van der Waals surface area contributed by atoms with Crippen LogP contribution in [0.15, 0.2) is 12.2 Å². The van der Waals surface area contributed by atoms with Gasteiger partial charge in [0.2, 0.25) is 5.91 Å². The molecule has 0 aliphatic heterocycles. The highest BCUT2D eigenvalue weighted by Crippen LogP contribution is 2.18. The number of carbonyl (C=O) groups is 1. The Bertz CT molecular complexity index is 833. The highest BCUT2D eigenvalue weighted by Gasteiger charge is 2.23. The molecule has 0 fully saturated rings. The molecule has 59 heavy (non-hydrogen) atoms. The van der Waals surface area contributed by atoms with Crippen molar-refractivity contribution >= 4 is 5.91 Å². The summed E-state index contributed by atoms with van der Waals surface area (Å²) >= 11 is 0. The first-order valence-electron chi connectivity index (χ1n) is 27.0. The SMILES string of the molecule is CCCCCCCCCCCCCCCC/C=C\CCCCCCCCCCCCCCCCCCC(O)C(=O)NC(CO)C(O)CCCCCCCCCCCCC. The lowest BCUT2D eigenvalue weighted by atomic mass is 10.0. The van der Waals surface area contributed by atoms with Crippen molar-refractivity contribution in [2.45, 2.75) is 321 Å². The molecular formula is C54H107NO4.